The number of rotatable bonds is 5. The van der Waals surface area contributed by atoms with Crippen LogP contribution in [0.4, 0.5) is 10.1 Å². The second kappa shape index (κ2) is 9.00. The number of nitrogens with one attached hydrogen (secondary N) is 1. The molecule has 1 aliphatic heterocycles. The van der Waals surface area contributed by atoms with Gasteiger partial charge in [0.25, 0.3) is 5.91 Å². The Hall–Kier alpha value is -1.67. The van der Waals surface area contributed by atoms with E-state index in [2.05, 4.69) is 5.32 Å². The molecular formula is C20H21Cl2FN2O3S. The minimum Gasteiger partial charge on any atom is -0.320 e. The zero-order valence-corrected chi connectivity index (χ0v) is 18.1. The first-order valence-electron chi connectivity index (χ1n) is 9.32. The fourth-order valence-electron chi connectivity index (χ4n) is 3.46. The molecule has 0 aromatic heterocycles. The lowest BCUT2D eigenvalue weighted by Gasteiger charge is -2.34. The van der Waals surface area contributed by atoms with Crippen molar-refractivity contribution in [1.29, 1.82) is 0 Å². The summed E-state index contributed by atoms with van der Waals surface area (Å²) in [5.41, 5.74) is -0.175. The van der Waals surface area contributed by atoms with Crippen LogP contribution in [0.1, 0.15) is 43.0 Å². The third-order valence-corrected chi connectivity index (χ3v) is 7.80. The highest BCUT2D eigenvalue weighted by Crippen LogP contribution is 2.31. The lowest BCUT2D eigenvalue weighted by Crippen LogP contribution is -2.43. The van der Waals surface area contributed by atoms with Gasteiger partial charge in [-0.1, -0.05) is 42.6 Å². The molecule has 0 aliphatic carbocycles. The first kappa shape index (κ1) is 22.0. The van der Waals surface area contributed by atoms with Crippen molar-refractivity contribution >= 4 is 44.8 Å². The van der Waals surface area contributed by atoms with Crippen LogP contribution in [0.5, 0.6) is 0 Å². The van der Waals surface area contributed by atoms with E-state index < -0.39 is 21.7 Å². The van der Waals surface area contributed by atoms with Crippen molar-refractivity contribution in [3.8, 4) is 0 Å². The Kier molecular flexibility index (Phi) is 6.83. The highest BCUT2D eigenvalue weighted by Gasteiger charge is 2.33. The van der Waals surface area contributed by atoms with Crippen LogP contribution in [0.2, 0.25) is 10.0 Å². The van der Waals surface area contributed by atoms with Gasteiger partial charge in [0.1, 0.15) is 5.82 Å². The number of halogens is 3. The fourth-order valence-corrected chi connectivity index (χ4v) is 5.60. The third kappa shape index (κ3) is 4.58. The number of piperidine rings is 1. The summed E-state index contributed by atoms with van der Waals surface area (Å²) in [4.78, 5) is 12.5. The van der Waals surface area contributed by atoms with Crippen LogP contribution in [-0.4, -0.2) is 31.2 Å². The van der Waals surface area contributed by atoms with Gasteiger partial charge in [-0.05, 0) is 49.6 Å². The zero-order valence-electron chi connectivity index (χ0n) is 15.8. The van der Waals surface area contributed by atoms with E-state index in [-0.39, 0.29) is 32.2 Å². The van der Waals surface area contributed by atoms with Gasteiger partial charge in [-0.3, -0.25) is 4.79 Å². The number of hydrogen-bond acceptors (Lipinski definition) is 3. The molecular weight excluding hydrogens is 438 g/mol. The SMILES string of the molecule is CC[C@H]1CCCCN1S(=O)(=O)c1ccc(F)c(C(=O)Nc2cccc(Cl)c2Cl)c1. The average molecular weight is 459 g/mol. The van der Waals surface area contributed by atoms with E-state index in [0.717, 1.165) is 31.4 Å². The number of carbonyl (C=O) groups excluding carboxylic acids is 1. The molecule has 1 fully saturated rings. The monoisotopic (exact) mass is 458 g/mol. The second-order valence-electron chi connectivity index (χ2n) is 6.87. The molecule has 0 unspecified atom stereocenters. The molecule has 1 amide bonds. The minimum absolute atomic E-state index is 0.0960. The summed E-state index contributed by atoms with van der Waals surface area (Å²) in [7, 11) is -3.84. The van der Waals surface area contributed by atoms with Crippen LogP contribution >= 0.6 is 23.2 Å². The van der Waals surface area contributed by atoms with E-state index in [4.69, 9.17) is 23.2 Å². The number of amides is 1. The average Bonchev–Trinajstić information content (AvgIpc) is 2.71. The third-order valence-electron chi connectivity index (χ3n) is 5.03. The second-order valence-corrected chi connectivity index (χ2v) is 9.55. The van der Waals surface area contributed by atoms with Gasteiger partial charge in [0.05, 0.1) is 26.2 Å². The first-order chi connectivity index (χ1) is 13.8. The van der Waals surface area contributed by atoms with E-state index in [1.54, 1.807) is 12.1 Å². The number of anilines is 1. The van der Waals surface area contributed by atoms with Crippen LogP contribution < -0.4 is 5.32 Å². The molecule has 29 heavy (non-hydrogen) atoms. The number of sulfonamides is 1. The predicted molar refractivity (Wildman–Crippen MR) is 113 cm³/mol. The van der Waals surface area contributed by atoms with Gasteiger partial charge in [-0.15, -0.1) is 0 Å². The van der Waals surface area contributed by atoms with Crippen molar-refractivity contribution in [3.63, 3.8) is 0 Å². The number of carbonyl (C=O) groups is 1. The van der Waals surface area contributed by atoms with Crippen molar-refractivity contribution in [3.05, 3.63) is 57.8 Å². The smallest absolute Gasteiger partial charge is 0.258 e. The predicted octanol–water partition coefficient (Wildman–Crippen LogP) is 5.34. The Bertz CT molecular complexity index is 1030. The maximum Gasteiger partial charge on any atom is 0.258 e. The summed E-state index contributed by atoms with van der Waals surface area (Å²) in [5, 5.41) is 2.83. The molecule has 0 saturated carbocycles. The molecule has 2 aromatic rings. The molecule has 1 heterocycles. The molecule has 0 spiro atoms. The maximum atomic E-state index is 14.3. The van der Waals surface area contributed by atoms with E-state index in [1.165, 1.54) is 16.4 Å². The normalized spacial score (nSPS) is 17.9. The Morgan fingerprint density at radius 3 is 2.72 bits per heavy atom. The number of nitrogens with zero attached hydrogens (tertiary/aromatic N) is 1. The summed E-state index contributed by atoms with van der Waals surface area (Å²) in [6.45, 7) is 2.36. The van der Waals surface area contributed by atoms with Crippen molar-refractivity contribution in [2.24, 2.45) is 0 Å². The van der Waals surface area contributed by atoms with E-state index in [9.17, 15) is 17.6 Å². The Morgan fingerprint density at radius 2 is 2.00 bits per heavy atom. The molecule has 156 valence electrons. The van der Waals surface area contributed by atoms with Crippen molar-refractivity contribution in [2.45, 2.75) is 43.5 Å². The minimum atomic E-state index is -3.84. The summed E-state index contributed by atoms with van der Waals surface area (Å²) >= 11 is 12.0. The first-order valence-corrected chi connectivity index (χ1v) is 11.5. The molecule has 5 nitrogen and oxygen atoms in total. The van der Waals surface area contributed by atoms with Gasteiger partial charge in [0.15, 0.2) is 0 Å². The van der Waals surface area contributed by atoms with Crippen LogP contribution in [0.15, 0.2) is 41.3 Å². The zero-order chi connectivity index (χ0) is 21.2. The van der Waals surface area contributed by atoms with E-state index in [0.29, 0.717) is 13.0 Å². The molecule has 9 heteroatoms. The number of hydrogen-bond donors (Lipinski definition) is 1. The van der Waals surface area contributed by atoms with Gasteiger partial charge >= 0.3 is 0 Å². The number of benzene rings is 2. The summed E-state index contributed by atoms with van der Waals surface area (Å²) < 4.78 is 42.1. The van der Waals surface area contributed by atoms with Crippen molar-refractivity contribution in [2.75, 3.05) is 11.9 Å². The lowest BCUT2D eigenvalue weighted by molar-refractivity contribution is 0.102. The molecule has 1 atom stereocenters. The van der Waals surface area contributed by atoms with Gasteiger partial charge in [-0.2, -0.15) is 4.31 Å². The molecule has 1 aliphatic rings. The molecule has 1 N–H and O–H groups in total. The summed E-state index contributed by atoms with van der Waals surface area (Å²) in [5.74, 6) is -1.64. The van der Waals surface area contributed by atoms with E-state index in [1.807, 2.05) is 6.92 Å². The fraction of sp³-hybridized carbons (Fsp3) is 0.350. The molecule has 0 radical (unpaired) electrons. The van der Waals surface area contributed by atoms with Crippen LogP contribution in [0, 0.1) is 5.82 Å². The standard InChI is InChI=1S/C20H21Cl2FN2O3S/c1-2-13-6-3-4-11-25(13)29(27,28)14-9-10-17(23)15(12-14)20(26)24-18-8-5-7-16(21)19(18)22/h5,7-10,12-13H,2-4,6,11H2,1H3,(H,24,26)/t13-/m0/s1. The molecule has 3 rings (SSSR count). The molecule has 1 saturated heterocycles. The topological polar surface area (TPSA) is 66.5 Å². The largest absolute Gasteiger partial charge is 0.320 e. The quantitative estimate of drug-likeness (QED) is 0.657. The Morgan fingerprint density at radius 1 is 1.24 bits per heavy atom. The van der Waals surface area contributed by atoms with Gasteiger partial charge in [0.2, 0.25) is 10.0 Å². The summed E-state index contributed by atoms with van der Waals surface area (Å²) in [6.07, 6.45) is 3.23. The van der Waals surface area contributed by atoms with Gasteiger partial charge < -0.3 is 5.32 Å². The van der Waals surface area contributed by atoms with Gasteiger partial charge in [-0.25, -0.2) is 12.8 Å². The molecule has 2 aromatic carbocycles. The molecule has 0 bridgehead atoms. The lowest BCUT2D eigenvalue weighted by atomic mass is 10.0. The Labute approximate surface area is 179 Å². The van der Waals surface area contributed by atoms with Crippen LogP contribution in [0.3, 0.4) is 0 Å². The van der Waals surface area contributed by atoms with Crippen LogP contribution in [-0.2, 0) is 10.0 Å². The summed E-state index contributed by atoms with van der Waals surface area (Å²) in [6, 6.07) is 7.81. The van der Waals surface area contributed by atoms with Crippen molar-refractivity contribution in [1.82, 2.24) is 4.31 Å². The maximum absolute atomic E-state index is 14.3. The van der Waals surface area contributed by atoms with Crippen LogP contribution in [0.25, 0.3) is 0 Å². The highest BCUT2D eigenvalue weighted by molar-refractivity contribution is 7.89. The van der Waals surface area contributed by atoms with E-state index >= 15 is 0 Å². The highest BCUT2D eigenvalue weighted by atomic mass is 35.5. The Balaban J connectivity index is 1.93. The van der Waals surface area contributed by atoms with Crippen molar-refractivity contribution < 1.29 is 17.6 Å². The van der Waals surface area contributed by atoms with Gasteiger partial charge in [0, 0.05) is 12.6 Å².